The second-order valence-electron chi connectivity index (χ2n) is 6.86. The van der Waals surface area contributed by atoms with Gasteiger partial charge in [0.25, 0.3) is 0 Å². The van der Waals surface area contributed by atoms with E-state index in [4.69, 9.17) is 0 Å². The smallest absolute Gasteiger partial charge is 0.416 e. The van der Waals surface area contributed by atoms with Crippen molar-refractivity contribution in [3.8, 4) is 5.69 Å². The van der Waals surface area contributed by atoms with Gasteiger partial charge in [0, 0.05) is 35.0 Å². The highest BCUT2D eigenvalue weighted by molar-refractivity contribution is 7.99. The molecule has 2 aromatic heterocycles. The van der Waals surface area contributed by atoms with E-state index in [1.54, 1.807) is 31.3 Å². The van der Waals surface area contributed by atoms with E-state index >= 15 is 0 Å². The molecule has 0 fully saturated rings. The first-order valence-electron chi connectivity index (χ1n) is 8.95. The minimum atomic E-state index is -4.56. The maximum Gasteiger partial charge on any atom is 0.416 e. The number of hydrogen-bond donors (Lipinski definition) is 1. The average molecular weight is 432 g/mol. The molecule has 1 aliphatic heterocycles. The zero-order valence-electron chi connectivity index (χ0n) is 15.6. The van der Waals surface area contributed by atoms with Gasteiger partial charge in [0.1, 0.15) is 5.56 Å². The monoisotopic (exact) mass is 432 g/mol. The molecule has 3 heterocycles. The van der Waals surface area contributed by atoms with E-state index in [0.717, 1.165) is 18.2 Å². The third kappa shape index (κ3) is 3.49. The lowest BCUT2D eigenvalue weighted by atomic mass is 10.0. The molecule has 3 aromatic rings. The van der Waals surface area contributed by atoms with Gasteiger partial charge < -0.3 is 9.67 Å². The lowest BCUT2D eigenvalue weighted by Gasteiger charge is -2.19. The number of aromatic nitrogens is 2. The Hall–Kier alpha value is -3.07. The maximum absolute atomic E-state index is 13.4. The van der Waals surface area contributed by atoms with Crippen molar-refractivity contribution in [1.82, 2.24) is 9.55 Å². The molecule has 9 heteroatoms. The average Bonchev–Trinajstić information content (AvgIpc) is 2.84. The number of halogens is 3. The lowest BCUT2D eigenvalue weighted by Crippen LogP contribution is -2.24. The van der Waals surface area contributed by atoms with Crippen molar-refractivity contribution in [3.63, 3.8) is 0 Å². The number of aryl methyl sites for hydroxylation is 1. The minimum absolute atomic E-state index is 0.121. The molecule has 0 saturated heterocycles. The minimum Gasteiger partial charge on any atom is -0.477 e. The fourth-order valence-corrected chi connectivity index (χ4v) is 4.85. The van der Waals surface area contributed by atoms with Crippen LogP contribution < -0.4 is 5.43 Å². The topological polar surface area (TPSA) is 72.2 Å². The number of rotatable bonds is 2. The van der Waals surface area contributed by atoms with Crippen molar-refractivity contribution >= 4 is 17.7 Å². The van der Waals surface area contributed by atoms with E-state index < -0.39 is 28.7 Å². The fourth-order valence-electron chi connectivity index (χ4n) is 3.62. The van der Waals surface area contributed by atoms with Crippen LogP contribution in [0.3, 0.4) is 0 Å². The van der Waals surface area contributed by atoms with Crippen molar-refractivity contribution in [2.75, 3.05) is 0 Å². The van der Waals surface area contributed by atoms with Gasteiger partial charge in [-0.05, 0) is 37.3 Å². The molecular formula is C21H15F3N2O3S. The highest BCUT2D eigenvalue weighted by Crippen LogP contribution is 2.45. The van der Waals surface area contributed by atoms with Crippen LogP contribution in [0.1, 0.15) is 38.3 Å². The van der Waals surface area contributed by atoms with Gasteiger partial charge in [-0.25, -0.2) is 4.79 Å². The first-order valence-corrected chi connectivity index (χ1v) is 9.83. The van der Waals surface area contributed by atoms with Gasteiger partial charge in [-0.1, -0.05) is 6.07 Å². The van der Waals surface area contributed by atoms with Crippen LogP contribution in [0.15, 0.2) is 58.4 Å². The summed E-state index contributed by atoms with van der Waals surface area (Å²) < 4.78 is 41.6. The zero-order chi connectivity index (χ0) is 21.6. The van der Waals surface area contributed by atoms with E-state index in [9.17, 15) is 27.9 Å². The van der Waals surface area contributed by atoms with Crippen molar-refractivity contribution in [2.24, 2.45) is 0 Å². The van der Waals surface area contributed by atoms with E-state index in [1.807, 2.05) is 0 Å². The second-order valence-corrected chi connectivity index (χ2v) is 8.10. The molecule has 0 spiro atoms. The van der Waals surface area contributed by atoms with Crippen LogP contribution in [0.4, 0.5) is 13.2 Å². The Morgan fingerprint density at radius 1 is 1.23 bits per heavy atom. The summed E-state index contributed by atoms with van der Waals surface area (Å²) in [7, 11) is 0. The Bertz CT molecular complexity index is 1210. The Morgan fingerprint density at radius 3 is 2.63 bits per heavy atom. The number of aromatic carboxylic acids is 1. The van der Waals surface area contributed by atoms with Gasteiger partial charge in [0.05, 0.1) is 22.2 Å². The van der Waals surface area contributed by atoms with Gasteiger partial charge in [0.2, 0.25) is 0 Å². The molecule has 0 bridgehead atoms. The van der Waals surface area contributed by atoms with Gasteiger partial charge in [-0.2, -0.15) is 13.2 Å². The number of hydrogen-bond acceptors (Lipinski definition) is 4. The fraction of sp³-hybridized carbons (Fsp3) is 0.190. The normalized spacial score (nSPS) is 15.8. The van der Waals surface area contributed by atoms with Crippen LogP contribution >= 0.6 is 11.8 Å². The molecular weight excluding hydrogens is 417 g/mol. The van der Waals surface area contributed by atoms with Crippen LogP contribution in [0.2, 0.25) is 0 Å². The molecule has 1 aliphatic rings. The summed E-state index contributed by atoms with van der Waals surface area (Å²) >= 11 is 1.30. The van der Waals surface area contributed by atoms with Gasteiger partial charge >= 0.3 is 12.1 Å². The summed E-state index contributed by atoms with van der Waals surface area (Å²) in [5.41, 5.74) is -0.593. The standard InChI is InChI=1S/C21H15F3N2O3S/c1-11-8-16(27)19(20(28)29)15-10-18(13-4-2-3-7-25-13)30-17-6-5-12(21(22,23)24)9-14(17)26(11)15/h2-9,18H,10H2,1H3,(H,28,29). The third-order valence-electron chi connectivity index (χ3n) is 4.90. The highest BCUT2D eigenvalue weighted by atomic mass is 32.2. The number of carboxylic acid groups (broad SMARTS) is 1. The highest BCUT2D eigenvalue weighted by Gasteiger charge is 2.34. The van der Waals surface area contributed by atoms with E-state index in [1.165, 1.54) is 22.4 Å². The molecule has 1 aromatic carbocycles. The number of carboxylic acids is 1. The van der Waals surface area contributed by atoms with Crippen molar-refractivity contribution in [3.05, 3.63) is 87.1 Å². The predicted octanol–water partition coefficient (Wildman–Crippen LogP) is 4.65. The largest absolute Gasteiger partial charge is 0.477 e. The molecule has 154 valence electrons. The second kappa shape index (κ2) is 7.32. The molecule has 5 nitrogen and oxygen atoms in total. The Morgan fingerprint density at radius 2 is 2.00 bits per heavy atom. The number of alkyl halides is 3. The zero-order valence-corrected chi connectivity index (χ0v) is 16.4. The lowest BCUT2D eigenvalue weighted by molar-refractivity contribution is -0.137. The molecule has 0 saturated carbocycles. The summed E-state index contributed by atoms with van der Waals surface area (Å²) in [6.07, 6.45) is -2.85. The maximum atomic E-state index is 13.4. The summed E-state index contributed by atoms with van der Waals surface area (Å²) in [6, 6.07) is 9.81. The number of fused-ring (bicyclic) bond motifs is 3. The number of nitrogens with zero attached hydrogens (tertiary/aromatic N) is 2. The molecule has 30 heavy (non-hydrogen) atoms. The molecule has 1 atom stereocenters. The summed E-state index contributed by atoms with van der Waals surface area (Å²) in [6.45, 7) is 1.58. The first kappa shape index (κ1) is 20.2. The summed E-state index contributed by atoms with van der Waals surface area (Å²) in [5.74, 6) is -1.41. The van der Waals surface area contributed by atoms with Crippen LogP contribution in [0, 0.1) is 6.92 Å². The van der Waals surface area contributed by atoms with Crippen molar-refractivity contribution in [2.45, 2.75) is 29.7 Å². The number of pyridine rings is 2. The Labute approximate surface area is 173 Å². The van der Waals surface area contributed by atoms with Gasteiger partial charge in [-0.3, -0.25) is 9.78 Å². The first-order chi connectivity index (χ1) is 14.2. The van der Waals surface area contributed by atoms with E-state index in [2.05, 4.69) is 4.98 Å². The number of carbonyl (C=O) groups is 1. The number of thioether (sulfide) groups is 1. The summed E-state index contributed by atoms with van der Waals surface area (Å²) in [5, 5.41) is 9.30. The molecule has 4 rings (SSSR count). The Kier molecular flexibility index (Phi) is 4.93. The van der Waals surface area contributed by atoms with E-state index in [-0.39, 0.29) is 23.1 Å². The molecule has 1 N–H and O–H groups in total. The van der Waals surface area contributed by atoms with Gasteiger partial charge in [0.15, 0.2) is 5.43 Å². The molecule has 0 aliphatic carbocycles. The Balaban J connectivity index is 2.05. The van der Waals surface area contributed by atoms with Crippen LogP contribution in [-0.4, -0.2) is 20.6 Å². The molecule has 1 unspecified atom stereocenters. The third-order valence-corrected chi connectivity index (χ3v) is 6.20. The van der Waals surface area contributed by atoms with Crippen LogP contribution in [0.5, 0.6) is 0 Å². The van der Waals surface area contributed by atoms with Crippen molar-refractivity contribution < 1.29 is 23.1 Å². The van der Waals surface area contributed by atoms with Crippen LogP contribution in [-0.2, 0) is 12.6 Å². The van der Waals surface area contributed by atoms with Gasteiger partial charge in [-0.15, -0.1) is 11.8 Å². The summed E-state index contributed by atoms with van der Waals surface area (Å²) in [4.78, 5) is 29.2. The van der Waals surface area contributed by atoms with Crippen LogP contribution in [0.25, 0.3) is 5.69 Å². The SMILES string of the molecule is Cc1cc(=O)c(C(=O)O)c2n1-c1cc(C(F)(F)F)ccc1SC(c1ccccn1)C2. The van der Waals surface area contributed by atoms with Crippen molar-refractivity contribution in [1.29, 1.82) is 0 Å². The molecule has 0 amide bonds. The van der Waals surface area contributed by atoms with E-state index in [0.29, 0.717) is 16.3 Å². The quantitative estimate of drug-likeness (QED) is 0.638. The predicted molar refractivity (Wildman–Crippen MR) is 105 cm³/mol. The number of benzene rings is 1. The molecule has 0 radical (unpaired) electrons.